The first-order valence-electron chi connectivity index (χ1n) is 15.4. The Hall–Kier alpha value is -4.21. The number of piperazine rings is 1. The van der Waals surface area contributed by atoms with E-state index >= 15 is 0 Å². The number of ether oxygens (including phenoxy) is 2. The molecule has 0 bridgehead atoms. The summed E-state index contributed by atoms with van der Waals surface area (Å²) in [4.78, 5) is 41.8. The average molecular weight is 598 g/mol. The molecule has 44 heavy (non-hydrogen) atoms. The van der Waals surface area contributed by atoms with Gasteiger partial charge in [0.05, 0.1) is 12.6 Å². The summed E-state index contributed by atoms with van der Waals surface area (Å²) in [5, 5.41) is 12.3. The molecule has 9 nitrogen and oxygen atoms in total. The SMILES string of the molecule is COC1CCC(N2CCN(c3ccc(CC(NC(=O)OCc4cccc5c4Cc4ccccc4-5)C(=O)O)cc3)C(=O)C2)CC1. The van der Waals surface area contributed by atoms with Gasteiger partial charge in [-0.05, 0) is 77.6 Å². The topological polar surface area (TPSA) is 108 Å². The van der Waals surface area contributed by atoms with Gasteiger partial charge < -0.3 is 24.8 Å². The Morgan fingerprint density at radius 3 is 2.43 bits per heavy atom. The van der Waals surface area contributed by atoms with Gasteiger partial charge in [0.25, 0.3) is 0 Å². The minimum atomic E-state index is -1.16. The molecule has 1 saturated carbocycles. The molecule has 9 heteroatoms. The lowest BCUT2D eigenvalue weighted by Crippen LogP contribution is -2.54. The Bertz CT molecular complexity index is 1520. The predicted molar refractivity (Wildman–Crippen MR) is 167 cm³/mol. The molecule has 3 aliphatic rings. The summed E-state index contributed by atoms with van der Waals surface area (Å²) >= 11 is 0. The van der Waals surface area contributed by atoms with Gasteiger partial charge in [-0.25, -0.2) is 9.59 Å². The van der Waals surface area contributed by atoms with E-state index in [1.54, 1.807) is 12.0 Å². The molecule has 2 fully saturated rings. The number of nitrogens with zero attached hydrogens (tertiary/aromatic N) is 2. The molecule has 230 valence electrons. The lowest BCUT2D eigenvalue weighted by Gasteiger charge is -2.41. The van der Waals surface area contributed by atoms with Crippen molar-refractivity contribution < 1.29 is 29.0 Å². The van der Waals surface area contributed by atoms with Crippen LogP contribution in [0, 0.1) is 0 Å². The summed E-state index contributed by atoms with van der Waals surface area (Å²) in [7, 11) is 1.77. The molecular weight excluding hydrogens is 558 g/mol. The van der Waals surface area contributed by atoms with E-state index in [0.717, 1.165) is 66.6 Å². The molecule has 3 aromatic rings. The van der Waals surface area contributed by atoms with E-state index < -0.39 is 18.1 Å². The molecule has 0 radical (unpaired) electrons. The number of nitrogens with one attached hydrogen (secondary N) is 1. The number of fused-ring (bicyclic) bond motifs is 3. The quantitative estimate of drug-likeness (QED) is 0.286. The first kappa shape index (κ1) is 29.8. The molecule has 1 aliphatic heterocycles. The third kappa shape index (κ3) is 6.49. The van der Waals surface area contributed by atoms with Crippen molar-refractivity contribution in [2.45, 2.75) is 63.3 Å². The Kier molecular flexibility index (Phi) is 8.95. The molecule has 1 atom stereocenters. The van der Waals surface area contributed by atoms with Crippen molar-refractivity contribution in [3.8, 4) is 11.1 Å². The Balaban J connectivity index is 1.01. The van der Waals surface area contributed by atoms with E-state index in [4.69, 9.17) is 9.47 Å². The molecule has 2 aliphatic carbocycles. The van der Waals surface area contributed by atoms with Crippen molar-refractivity contribution in [3.63, 3.8) is 0 Å². The molecule has 0 aromatic heterocycles. The van der Waals surface area contributed by atoms with Crippen LogP contribution < -0.4 is 10.2 Å². The zero-order valence-corrected chi connectivity index (χ0v) is 25.0. The molecule has 1 heterocycles. The van der Waals surface area contributed by atoms with E-state index in [9.17, 15) is 19.5 Å². The van der Waals surface area contributed by atoms with Crippen LogP contribution in [-0.2, 0) is 38.5 Å². The van der Waals surface area contributed by atoms with Gasteiger partial charge in [-0.1, -0.05) is 54.6 Å². The van der Waals surface area contributed by atoms with Crippen molar-refractivity contribution in [1.29, 1.82) is 0 Å². The first-order valence-corrected chi connectivity index (χ1v) is 15.4. The van der Waals surface area contributed by atoms with Gasteiger partial charge in [-0.2, -0.15) is 0 Å². The van der Waals surface area contributed by atoms with Crippen LogP contribution >= 0.6 is 0 Å². The maximum Gasteiger partial charge on any atom is 0.408 e. The average Bonchev–Trinajstić information content (AvgIpc) is 3.43. The van der Waals surface area contributed by atoms with Gasteiger partial charge in [-0.15, -0.1) is 0 Å². The number of methoxy groups -OCH3 is 1. The van der Waals surface area contributed by atoms with Crippen molar-refractivity contribution in [2.75, 3.05) is 31.6 Å². The molecule has 2 N–H and O–H groups in total. The highest BCUT2D eigenvalue weighted by Crippen LogP contribution is 2.38. The van der Waals surface area contributed by atoms with Crippen LogP contribution in [0.5, 0.6) is 0 Å². The van der Waals surface area contributed by atoms with Crippen molar-refractivity contribution in [3.05, 3.63) is 89.0 Å². The zero-order chi connectivity index (χ0) is 30.6. The van der Waals surface area contributed by atoms with Gasteiger partial charge in [-0.3, -0.25) is 9.69 Å². The molecular formula is C35H39N3O6. The number of benzene rings is 3. The standard InChI is InChI=1S/C35H39N3O6/c1-43-28-15-13-26(14-16-28)37-17-18-38(33(39)21-37)27-11-9-23(10-12-27)19-32(34(40)41)36-35(42)44-22-25-6-4-8-30-29-7-3-2-5-24(29)20-31(25)30/h2-12,26,28,32H,13-22H2,1H3,(H,36,42)(H,40,41). The minimum absolute atomic E-state index is 0.0553. The zero-order valence-electron chi connectivity index (χ0n) is 25.0. The smallest absolute Gasteiger partial charge is 0.408 e. The fourth-order valence-corrected chi connectivity index (χ4v) is 6.86. The van der Waals surface area contributed by atoms with Crippen molar-refractivity contribution >= 4 is 23.7 Å². The van der Waals surface area contributed by atoms with Gasteiger partial charge in [0, 0.05) is 38.3 Å². The van der Waals surface area contributed by atoms with Crippen LogP contribution in [0.4, 0.5) is 10.5 Å². The second-order valence-electron chi connectivity index (χ2n) is 11.9. The van der Waals surface area contributed by atoms with E-state index in [1.165, 1.54) is 11.1 Å². The highest BCUT2D eigenvalue weighted by molar-refractivity contribution is 5.95. The van der Waals surface area contributed by atoms with Crippen LogP contribution in [0.3, 0.4) is 0 Å². The number of carboxylic acid groups (broad SMARTS) is 1. The second kappa shape index (κ2) is 13.2. The Morgan fingerprint density at radius 2 is 1.70 bits per heavy atom. The van der Waals surface area contributed by atoms with Gasteiger partial charge in [0.15, 0.2) is 0 Å². The summed E-state index contributed by atoms with van der Waals surface area (Å²) in [5.74, 6) is -1.08. The van der Waals surface area contributed by atoms with Crippen molar-refractivity contribution in [1.82, 2.24) is 10.2 Å². The van der Waals surface area contributed by atoms with Gasteiger partial charge in [0.2, 0.25) is 5.91 Å². The second-order valence-corrected chi connectivity index (χ2v) is 11.9. The number of hydrogen-bond acceptors (Lipinski definition) is 6. The van der Waals surface area contributed by atoms with Crippen LogP contribution in [0.2, 0.25) is 0 Å². The molecule has 2 amide bonds. The Labute approximate surface area is 257 Å². The summed E-state index contributed by atoms with van der Waals surface area (Å²) in [5.41, 5.74) is 7.14. The number of alkyl carbamates (subject to hydrolysis) is 1. The Morgan fingerprint density at radius 1 is 0.955 bits per heavy atom. The summed E-state index contributed by atoms with van der Waals surface area (Å²) in [6.07, 6.45) is 4.59. The van der Waals surface area contributed by atoms with Gasteiger partial charge >= 0.3 is 12.1 Å². The minimum Gasteiger partial charge on any atom is -0.480 e. The third-order valence-corrected chi connectivity index (χ3v) is 9.33. The monoisotopic (exact) mass is 597 g/mol. The van der Waals surface area contributed by atoms with E-state index in [-0.39, 0.29) is 18.9 Å². The van der Waals surface area contributed by atoms with Crippen LogP contribution in [0.1, 0.15) is 47.9 Å². The fourth-order valence-electron chi connectivity index (χ4n) is 6.86. The number of amides is 2. The number of anilines is 1. The van der Waals surface area contributed by atoms with E-state index in [1.807, 2.05) is 48.5 Å². The van der Waals surface area contributed by atoms with Crippen LogP contribution in [-0.4, -0.2) is 72.9 Å². The molecule has 1 saturated heterocycles. The molecule has 3 aromatic carbocycles. The van der Waals surface area contributed by atoms with Crippen LogP contribution in [0.15, 0.2) is 66.7 Å². The number of aliphatic carboxylic acids is 1. The molecule has 0 spiro atoms. The highest BCUT2D eigenvalue weighted by Gasteiger charge is 2.32. The summed E-state index contributed by atoms with van der Waals surface area (Å²) in [6.45, 7) is 1.89. The van der Waals surface area contributed by atoms with E-state index in [2.05, 4.69) is 28.4 Å². The van der Waals surface area contributed by atoms with E-state index in [0.29, 0.717) is 25.2 Å². The van der Waals surface area contributed by atoms with Crippen LogP contribution in [0.25, 0.3) is 11.1 Å². The number of carboxylic acids is 1. The fraction of sp³-hybridized carbons (Fsp3) is 0.400. The van der Waals surface area contributed by atoms with Crippen molar-refractivity contribution in [2.24, 2.45) is 0 Å². The molecule has 1 unspecified atom stereocenters. The third-order valence-electron chi connectivity index (χ3n) is 9.33. The lowest BCUT2D eigenvalue weighted by atomic mass is 9.91. The number of hydrogen-bond donors (Lipinski definition) is 2. The number of carbonyl (C=O) groups excluding carboxylic acids is 2. The largest absolute Gasteiger partial charge is 0.480 e. The molecule has 6 rings (SSSR count). The maximum atomic E-state index is 13.0. The first-order chi connectivity index (χ1) is 21.4. The summed E-state index contributed by atoms with van der Waals surface area (Å²) < 4.78 is 11.0. The highest BCUT2D eigenvalue weighted by atomic mass is 16.5. The predicted octanol–water partition coefficient (Wildman–Crippen LogP) is 4.79. The lowest BCUT2D eigenvalue weighted by molar-refractivity contribution is -0.139. The number of carbonyl (C=O) groups is 3. The number of rotatable bonds is 9. The normalized spacial score (nSPS) is 20.5. The maximum absolute atomic E-state index is 13.0. The summed E-state index contributed by atoms with van der Waals surface area (Å²) in [6, 6.07) is 20.8. The van der Waals surface area contributed by atoms with Gasteiger partial charge in [0.1, 0.15) is 12.6 Å².